The maximum atomic E-state index is 13.0. The molecule has 0 unspecified atom stereocenters. The summed E-state index contributed by atoms with van der Waals surface area (Å²) >= 11 is 0. The number of amides is 2. The minimum Gasteiger partial charge on any atom is -0.384 e. The van der Waals surface area contributed by atoms with Gasteiger partial charge in [0.1, 0.15) is 5.82 Å². The van der Waals surface area contributed by atoms with Crippen LogP contribution < -0.4 is 16.4 Å². The van der Waals surface area contributed by atoms with E-state index < -0.39 is 12.7 Å². The molecule has 180 valence electrons. The lowest BCUT2D eigenvalue weighted by Gasteiger charge is -2.39. The molecule has 1 aromatic carbocycles. The molecule has 2 aliphatic heterocycles. The molecular weight excluding hydrogens is 447 g/mol. The van der Waals surface area contributed by atoms with Gasteiger partial charge in [-0.2, -0.15) is 22.8 Å². The van der Waals surface area contributed by atoms with Gasteiger partial charge in [-0.15, -0.1) is 0 Å². The van der Waals surface area contributed by atoms with Crippen molar-refractivity contribution in [2.24, 2.45) is 0 Å². The molecule has 2 fully saturated rings. The smallest absolute Gasteiger partial charge is 0.384 e. The molecule has 0 spiro atoms. The molecule has 34 heavy (non-hydrogen) atoms. The molecule has 0 saturated carbocycles. The summed E-state index contributed by atoms with van der Waals surface area (Å²) in [6.07, 6.45) is 0.343. The van der Waals surface area contributed by atoms with Crippen molar-refractivity contribution in [3.05, 3.63) is 42.2 Å². The Kier molecular flexibility index (Phi) is 5.59. The molecule has 4 heterocycles. The largest absolute Gasteiger partial charge is 0.401 e. The van der Waals surface area contributed by atoms with Gasteiger partial charge >= 0.3 is 12.2 Å². The fourth-order valence-corrected chi connectivity index (χ4v) is 5.33. The highest BCUT2D eigenvalue weighted by Crippen LogP contribution is 2.44. The van der Waals surface area contributed by atoms with Crippen molar-refractivity contribution in [3.8, 4) is 11.1 Å². The van der Waals surface area contributed by atoms with Crippen molar-refractivity contribution in [1.29, 1.82) is 0 Å². The molecule has 3 aromatic rings. The summed E-state index contributed by atoms with van der Waals surface area (Å²) in [5, 5.41) is 9.59. The zero-order valence-electron chi connectivity index (χ0n) is 18.6. The molecule has 2 saturated heterocycles. The number of aromatic nitrogens is 3. The van der Waals surface area contributed by atoms with Crippen LogP contribution in [0.1, 0.15) is 37.3 Å². The molecule has 4 N–H and O–H groups in total. The predicted molar refractivity (Wildman–Crippen MR) is 122 cm³/mol. The Morgan fingerprint density at radius 2 is 1.85 bits per heavy atom. The highest BCUT2D eigenvalue weighted by Gasteiger charge is 2.46. The van der Waals surface area contributed by atoms with Gasteiger partial charge < -0.3 is 16.4 Å². The van der Waals surface area contributed by atoms with E-state index in [9.17, 15) is 18.0 Å². The molecular formula is C23H26F3N7O. The van der Waals surface area contributed by atoms with Crippen molar-refractivity contribution >= 4 is 23.2 Å². The normalized spacial score (nSPS) is 22.8. The van der Waals surface area contributed by atoms with E-state index in [0.717, 1.165) is 29.7 Å². The van der Waals surface area contributed by atoms with Crippen LogP contribution >= 0.6 is 0 Å². The van der Waals surface area contributed by atoms with Crippen molar-refractivity contribution in [3.63, 3.8) is 0 Å². The highest BCUT2D eigenvalue weighted by atomic mass is 19.4. The molecule has 11 heteroatoms. The van der Waals surface area contributed by atoms with E-state index in [1.165, 1.54) is 0 Å². The Labute approximate surface area is 194 Å². The molecule has 5 rings (SSSR count). The molecule has 0 aliphatic carbocycles. The van der Waals surface area contributed by atoms with Crippen LogP contribution in [0, 0.1) is 0 Å². The maximum Gasteiger partial charge on any atom is 0.401 e. The maximum absolute atomic E-state index is 13.0. The number of halogens is 3. The second-order valence-corrected chi connectivity index (χ2v) is 9.02. The van der Waals surface area contributed by atoms with Gasteiger partial charge in [0.2, 0.25) is 0 Å². The van der Waals surface area contributed by atoms with Crippen LogP contribution in [-0.4, -0.2) is 57.4 Å². The van der Waals surface area contributed by atoms with Crippen LogP contribution in [0.3, 0.4) is 0 Å². The first-order valence-corrected chi connectivity index (χ1v) is 11.3. The topological polar surface area (TPSA) is 101 Å². The Morgan fingerprint density at radius 3 is 2.47 bits per heavy atom. The van der Waals surface area contributed by atoms with Gasteiger partial charge in [-0.25, -0.2) is 9.78 Å². The first kappa shape index (κ1) is 22.5. The van der Waals surface area contributed by atoms with Gasteiger partial charge in [0, 0.05) is 48.1 Å². The number of hydrogen-bond donors (Lipinski definition) is 3. The number of nitrogens with zero attached hydrogens (tertiary/aromatic N) is 4. The van der Waals surface area contributed by atoms with E-state index >= 15 is 0 Å². The van der Waals surface area contributed by atoms with Gasteiger partial charge in [-0.05, 0) is 43.4 Å². The summed E-state index contributed by atoms with van der Waals surface area (Å²) in [6.45, 7) is -0.846. The van der Waals surface area contributed by atoms with Crippen LogP contribution in [0.5, 0.6) is 0 Å². The molecule has 2 amide bonds. The Morgan fingerprint density at radius 1 is 1.18 bits per heavy atom. The lowest BCUT2D eigenvalue weighted by molar-refractivity contribution is -0.155. The third-order valence-corrected chi connectivity index (χ3v) is 6.86. The quantitative estimate of drug-likeness (QED) is 0.532. The van der Waals surface area contributed by atoms with Gasteiger partial charge in [0.25, 0.3) is 0 Å². The van der Waals surface area contributed by atoms with Gasteiger partial charge in [-0.1, -0.05) is 12.1 Å². The second-order valence-electron chi connectivity index (χ2n) is 9.02. The number of fused-ring (bicyclic) bond motifs is 3. The summed E-state index contributed by atoms with van der Waals surface area (Å²) in [7, 11) is 1.54. The van der Waals surface area contributed by atoms with E-state index in [1.807, 2.05) is 12.1 Å². The molecule has 2 aliphatic rings. The van der Waals surface area contributed by atoms with Gasteiger partial charge in [0.05, 0.1) is 12.7 Å². The fourth-order valence-electron chi connectivity index (χ4n) is 5.33. The predicted octanol–water partition coefficient (Wildman–Crippen LogP) is 4.00. The van der Waals surface area contributed by atoms with Gasteiger partial charge in [0.15, 0.2) is 5.65 Å². The van der Waals surface area contributed by atoms with Crippen molar-refractivity contribution in [1.82, 2.24) is 24.8 Å². The van der Waals surface area contributed by atoms with Gasteiger partial charge in [-0.3, -0.25) is 4.90 Å². The summed E-state index contributed by atoms with van der Waals surface area (Å²) in [4.78, 5) is 18.0. The van der Waals surface area contributed by atoms with Crippen molar-refractivity contribution < 1.29 is 18.0 Å². The first-order valence-electron chi connectivity index (χ1n) is 11.3. The number of piperidine rings is 1. The number of nitrogens with two attached hydrogens (primary N) is 1. The standard InChI is InChI=1S/C23H26F3N7O/c1-28-22(34)30-15-4-2-13(3-5-15)18-11-29-33-20(27)10-19(31-21(18)33)14-8-16-6-7-17(9-14)32(16)12-23(24,25)26/h2-5,10-11,14,16-17H,6-9,12,27H2,1H3,(H2,28,30,34)/t14-,16+,17-. The number of benzene rings is 1. The SMILES string of the molecule is CNC(=O)Nc1ccc(-c2cnn3c(N)cc([C@H]4C[C@H]5CC[C@@H](C4)N5CC(F)(F)F)nc23)cc1. The molecule has 3 atom stereocenters. The Balaban J connectivity index is 1.42. The molecule has 8 nitrogen and oxygen atoms in total. The number of nitrogens with one attached hydrogen (secondary N) is 2. The first-order chi connectivity index (χ1) is 16.2. The number of alkyl halides is 3. The third kappa shape index (κ3) is 4.27. The zero-order valence-corrected chi connectivity index (χ0v) is 18.6. The minimum atomic E-state index is -4.19. The average Bonchev–Trinajstić information content (AvgIpc) is 3.30. The number of nitrogen functional groups attached to an aromatic ring is 1. The second kappa shape index (κ2) is 8.46. The molecule has 2 bridgehead atoms. The Bertz CT molecular complexity index is 1190. The fraction of sp³-hybridized carbons (Fsp3) is 0.435. The zero-order chi connectivity index (χ0) is 24.0. The van der Waals surface area contributed by atoms with E-state index in [-0.39, 0.29) is 24.0 Å². The number of hydrogen-bond acceptors (Lipinski definition) is 5. The van der Waals surface area contributed by atoms with Crippen LogP contribution in [0.15, 0.2) is 36.5 Å². The molecule has 2 aromatic heterocycles. The van der Waals surface area contributed by atoms with E-state index in [4.69, 9.17) is 10.7 Å². The van der Waals surface area contributed by atoms with Crippen LogP contribution in [0.4, 0.5) is 29.5 Å². The van der Waals surface area contributed by atoms with E-state index in [1.54, 1.807) is 40.9 Å². The summed E-state index contributed by atoms with van der Waals surface area (Å²) in [5.41, 5.74) is 9.99. The van der Waals surface area contributed by atoms with Crippen LogP contribution in [-0.2, 0) is 0 Å². The monoisotopic (exact) mass is 473 g/mol. The number of anilines is 2. The van der Waals surface area contributed by atoms with Crippen molar-refractivity contribution in [2.75, 3.05) is 24.6 Å². The van der Waals surface area contributed by atoms with Crippen molar-refractivity contribution in [2.45, 2.75) is 49.9 Å². The summed E-state index contributed by atoms with van der Waals surface area (Å²) in [5.74, 6) is 0.491. The third-order valence-electron chi connectivity index (χ3n) is 6.86. The molecule has 0 radical (unpaired) electrons. The average molecular weight is 474 g/mol. The highest BCUT2D eigenvalue weighted by molar-refractivity contribution is 5.89. The number of urea groups is 1. The number of rotatable bonds is 4. The Hall–Kier alpha value is -3.34. The minimum absolute atomic E-state index is 0.0520. The van der Waals surface area contributed by atoms with Crippen LogP contribution in [0.2, 0.25) is 0 Å². The lowest BCUT2D eigenvalue weighted by atomic mass is 9.87. The number of carbonyl (C=O) groups excluding carboxylic acids is 1. The van der Waals surface area contributed by atoms with E-state index in [2.05, 4.69) is 15.7 Å². The summed E-state index contributed by atoms with van der Waals surface area (Å²) < 4.78 is 40.7. The lowest BCUT2D eigenvalue weighted by Crippen LogP contribution is -2.46. The van der Waals surface area contributed by atoms with Crippen LogP contribution in [0.25, 0.3) is 16.8 Å². The summed E-state index contributed by atoms with van der Waals surface area (Å²) in [6, 6.07) is 8.61. The van der Waals surface area contributed by atoms with E-state index in [0.29, 0.717) is 30.0 Å². The number of carbonyl (C=O) groups is 1.